The molecule has 1 saturated heterocycles. The molecule has 2 unspecified atom stereocenters. The van der Waals surface area contributed by atoms with E-state index >= 15 is 0 Å². The molecular weight excluding hydrogens is 302 g/mol. The fourth-order valence-corrected chi connectivity index (χ4v) is 3.14. The van der Waals surface area contributed by atoms with Gasteiger partial charge >= 0.3 is 0 Å². The van der Waals surface area contributed by atoms with Crippen LogP contribution < -0.4 is 0 Å². The first kappa shape index (κ1) is 16.6. The minimum Gasteiger partial charge on any atom is -0.391 e. The SMILES string of the molecule is CC(C)c1cccc(C(=O)N2CC(O)C(Cc3cnccn3)C2)c1. The van der Waals surface area contributed by atoms with Crippen LogP contribution in [0.5, 0.6) is 0 Å². The van der Waals surface area contributed by atoms with Gasteiger partial charge in [-0.25, -0.2) is 0 Å². The van der Waals surface area contributed by atoms with Gasteiger partial charge in [0.25, 0.3) is 5.91 Å². The van der Waals surface area contributed by atoms with Crippen molar-refractivity contribution in [3.8, 4) is 0 Å². The summed E-state index contributed by atoms with van der Waals surface area (Å²) in [5.74, 6) is 0.364. The van der Waals surface area contributed by atoms with Crippen molar-refractivity contribution in [1.29, 1.82) is 0 Å². The van der Waals surface area contributed by atoms with Crippen molar-refractivity contribution in [2.24, 2.45) is 5.92 Å². The van der Waals surface area contributed by atoms with Crippen LogP contribution in [0.1, 0.15) is 41.4 Å². The van der Waals surface area contributed by atoms with Crippen LogP contribution in [0.3, 0.4) is 0 Å². The van der Waals surface area contributed by atoms with Crippen molar-refractivity contribution >= 4 is 5.91 Å². The van der Waals surface area contributed by atoms with Crippen LogP contribution in [0.2, 0.25) is 0 Å². The van der Waals surface area contributed by atoms with Gasteiger partial charge < -0.3 is 10.0 Å². The Kier molecular flexibility index (Phi) is 4.90. The molecule has 5 nitrogen and oxygen atoms in total. The molecule has 1 aliphatic heterocycles. The summed E-state index contributed by atoms with van der Waals surface area (Å²) in [5.41, 5.74) is 2.68. The van der Waals surface area contributed by atoms with Gasteiger partial charge in [0.1, 0.15) is 0 Å². The number of carbonyl (C=O) groups is 1. The fraction of sp³-hybridized carbons (Fsp3) is 0.421. The highest BCUT2D eigenvalue weighted by Gasteiger charge is 2.34. The number of β-amino-alcohol motifs (C(OH)–C–C–N with tert-alkyl or cyclic N) is 1. The standard InChI is InChI=1S/C19H23N3O2/c1-13(2)14-4-3-5-15(8-14)19(24)22-11-16(18(23)12-22)9-17-10-20-6-7-21-17/h3-8,10,13,16,18,23H,9,11-12H2,1-2H3. The van der Waals surface area contributed by atoms with E-state index in [0.717, 1.165) is 11.3 Å². The lowest BCUT2D eigenvalue weighted by molar-refractivity contribution is 0.0764. The molecule has 0 spiro atoms. The number of likely N-dealkylation sites (tertiary alicyclic amines) is 1. The van der Waals surface area contributed by atoms with Gasteiger partial charge in [-0.15, -0.1) is 0 Å². The number of benzene rings is 1. The monoisotopic (exact) mass is 325 g/mol. The molecule has 1 amide bonds. The Labute approximate surface area is 142 Å². The van der Waals surface area contributed by atoms with Crippen LogP contribution in [-0.2, 0) is 6.42 Å². The van der Waals surface area contributed by atoms with Gasteiger partial charge in [0, 0.05) is 43.2 Å². The van der Waals surface area contributed by atoms with Crippen LogP contribution in [-0.4, -0.2) is 45.1 Å². The maximum atomic E-state index is 12.8. The van der Waals surface area contributed by atoms with Crippen molar-refractivity contribution in [2.75, 3.05) is 13.1 Å². The number of aliphatic hydroxyl groups excluding tert-OH is 1. The molecule has 1 aliphatic rings. The second kappa shape index (κ2) is 7.09. The van der Waals surface area contributed by atoms with E-state index < -0.39 is 6.10 Å². The number of aliphatic hydroxyl groups is 1. The van der Waals surface area contributed by atoms with Crippen molar-refractivity contribution in [3.63, 3.8) is 0 Å². The zero-order chi connectivity index (χ0) is 17.1. The van der Waals surface area contributed by atoms with Crippen LogP contribution in [0, 0.1) is 5.92 Å². The van der Waals surface area contributed by atoms with E-state index in [9.17, 15) is 9.90 Å². The van der Waals surface area contributed by atoms with Crippen LogP contribution in [0.15, 0.2) is 42.9 Å². The molecule has 1 N–H and O–H groups in total. The minimum atomic E-state index is -0.524. The summed E-state index contributed by atoms with van der Waals surface area (Å²) < 4.78 is 0. The van der Waals surface area contributed by atoms with Gasteiger partial charge in [-0.05, 0) is 30.0 Å². The van der Waals surface area contributed by atoms with E-state index in [1.807, 2.05) is 24.3 Å². The van der Waals surface area contributed by atoms with Gasteiger partial charge in [0.15, 0.2) is 0 Å². The molecule has 1 aromatic heterocycles. The summed E-state index contributed by atoms with van der Waals surface area (Å²) in [6, 6.07) is 7.76. The molecule has 126 valence electrons. The molecule has 1 fully saturated rings. The van der Waals surface area contributed by atoms with Gasteiger partial charge in [-0.3, -0.25) is 14.8 Å². The van der Waals surface area contributed by atoms with Crippen molar-refractivity contribution < 1.29 is 9.90 Å². The molecule has 24 heavy (non-hydrogen) atoms. The van der Waals surface area contributed by atoms with E-state index in [4.69, 9.17) is 0 Å². The van der Waals surface area contributed by atoms with Crippen molar-refractivity contribution in [3.05, 3.63) is 59.7 Å². The minimum absolute atomic E-state index is 0.000989. The smallest absolute Gasteiger partial charge is 0.253 e. The largest absolute Gasteiger partial charge is 0.391 e. The summed E-state index contributed by atoms with van der Waals surface area (Å²) in [6.07, 6.45) is 5.10. The maximum absolute atomic E-state index is 12.8. The molecule has 2 atom stereocenters. The second-order valence-corrected chi connectivity index (χ2v) is 6.72. The molecule has 0 aliphatic carbocycles. The summed E-state index contributed by atoms with van der Waals surface area (Å²) in [5, 5.41) is 10.3. The quantitative estimate of drug-likeness (QED) is 0.936. The van der Waals surface area contributed by atoms with Gasteiger partial charge in [0.05, 0.1) is 11.8 Å². The third-order valence-corrected chi connectivity index (χ3v) is 4.58. The zero-order valence-corrected chi connectivity index (χ0v) is 14.1. The Hall–Kier alpha value is -2.27. The fourth-order valence-electron chi connectivity index (χ4n) is 3.14. The van der Waals surface area contributed by atoms with E-state index in [0.29, 0.717) is 31.0 Å². The summed E-state index contributed by atoms with van der Waals surface area (Å²) >= 11 is 0. The normalized spacial score (nSPS) is 20.6. The van der Waals surface area contributed by atoms with E-state index in [1.54, 1.807) is 23.5 Å². The zero-order valence-electron chi connectivity index (χ0n) is 14.1. The first-order chi connectivity index (χ1) is 11.5. The Morgan fingerprint density at radius 2 is 2.17 bits per heavy atom. The second-order valence-electron chi connectivity index (χ2n) is 6.72. The Morgan fingerprint density at radius 3 is 2.88 bits per heavy atom. The highest BCUT2D eigenvalue weighted by atomic mass is 16.3. The lowest BCUT2D eigenvalue weighted by Crippen LogP contribution is -2.29. The molecule has 5 heteroatoms. The number of hydrogen-bond acceptors (Lipinski definition) is 4. The molecule has 1 aromatic carbocycles. The molecule has 0 bridgehead atoms. The lowest BCUT2D eigenvalue weighted by atomic mass is 10.00. The lowest BCUT2D eigenvalue weighted by Gasteiger charge is -2.17. The van der Waals surface area contributed by atoms with E-state index in [1.165, 1.54) is 0 Å². The first-order valence-corrected chi connectivity index (χ1v) is 8.36. The number of carbonyl (C=O) groups excluding carboxylic acids is 1. The Morgan fingerprint density at radius 1 is 1.33 bits per heavy atom. The first-order valence-electron chi connectivity index (χ1n) is 8.36. The maximum Gasteiger partial charge on any atom is 0.253 e. The summed E-state index contributed by atoms with van der Waals surface area (Å²) in [7, 11) is 0. The third kappa shape index (κ3) is 3.62. The van der Waals surface area contributed by atoms with E-state index in [2.05, 4.69) is 23.8 Å². The predicted octanol–water partition coefficient (Wildman–Crippen LogP) is 2.28. The molecule has 0 radical (unpaired) electrons. The highest BCUT2D eigenvalue weighted by Crippen LogP contribution is 2.23. The topological polar surface area (TPSA) is 66.3 Å². The highest BCUT2D eigenvalue weighted by molar-refractivity contribution is 5.94. The molecular formula is C19H23N3O2. The van der Waals surface area contributed by atoms with Crippen molar-refractivity contribution in [1.82, 2.24) is 14.9 Å². The third-order valence-electron chi connectivity index (χ3n) is 4.58. The van der Waals surface area contributed by atoms with Gasteiger partial charge in [-0.2, -0.15) is 0 Å². The Bertz CT molecular complexity index is 703. The molecule has 0 saturated carbocycles. The number of hydrogen-bond donors (Lipinski definition) is 1. The average Bonchev–Trinajstić information content (AvgIpc) is 2.96. The number of rotatable bonds is 4. The molecule has 2 heterocycles. The van der Waals surface area contributed by atoms with Crippen LogP contribution in [0.4, 0.5) is 0 Å². The van der Waals surface area contributed by atoms with Gasteiger partial charge in [-0.1, -0.05) is 26.0 Å². The Balaban J connectivity index is 1.70. The van der Waals surface area contributed by atoms with Crippen LogP contribution >= 0.6 is 0 Å². The molecule has 2 aromatic rings. The van der Waals surface area contributed by atoms with Gasteiger partial charge in [0.2, 0.25) is 0 Å². The average molecular weight is 325 g/mol. The molecule has 3 rings (SSSR count). The summed E-state index contributed by atoms with van der Waals surface area (Å²) in [6.45, 7) is 5.14. The van der Waals surface area contributed by atoms with E-state index in [-0.39, 0.29) is 11.8 Å². The van der Waals surface area contributed by atoms with Crippen molar-refractivity contribution in [2.45, 2.75) is 32.3 Å². The number of nitrogens with zero attached hydrogens (tertiary/aromatic N) is 3. The number of amides is 1. The van der Waals surface area contributed by atoms with Crippen LogP contribution in [0.25, 0.3) is 0 Å². The summed E-state index contributed by atoms with van der Waals surface area (Å²) in [4.78, 5) is 22.8. The predicted molar refractivity (Wildman–Crippen MR) is 91.7 cm³/mol. The number of aromatic nitrogens is 2.